The van der Waals surface area contributed by atoms with Crippen molar-refractivity contribution in [2.24, 2.45) is 5.92 Å². The van der Waals surface area contributed by atoms with E-state index >= 15 is 0 Å². The Labute approximate surface area is 131 Å². The zero-order valence-electron chi connectivity index (χ0n) is 14.1. The van der Waals surface area contributed by atoms with Gasteiger partial charge in [0, 0.05) is 11.3 Å². The highest BCUT2D eigenvalue weighted by Crippen LogP contribution is 2.47. The maximum atomic E-state index is 5.94. The minimum atomic E-state index is -0.110. The molecule has 5 nitrogen and oxygen atoms in total. The molecule has 1 fully saturated rings. The first-order valence-electron chi connectivity index (χ1n) is 7.93. The van der Waals surface area contributed by atoms with Crippen molar-refractivity contribution in [1.82, 2.24) is 15.0 Å². The lowest BCUT2D eigenvalue weighted by Gasteiger charge is -2.12. The van der Waals surface area contributed by atoms with Crippen LogP contribution < -0.4 is 0 Å². The first-order chi connectivity index (χ1) is 10.3. The second-order valence-corrected chi connectivity index (χ2v) is 7.56. The lowest BCUT2D eigenvalue weighted by Crippen LogP contribution is -2.18. The van der Waals surface area contributed by atoms with E-state index in [1.54, 1.807) is 0 Å². The quantitative estimate of drug-likeness (QED) is 0.842. The topological polar surface area (TPSA) is 55.3 Å². The third-order valence-electron chi connectivity index (χ3n) is 4.10. The van der Waals surface area contributed by atoms with Gasteiger partial charge < -0.3 is 8.94 Å². The molecule has 0 unspecified atom stereocenters. The standard InChI is InChI=1S/C17H25N3O2/c1-11-8-13(11)14-7-6-12(21-14)9-20(5)10-15-18-16(22-19-15)17(2,3)4/h6-7,11,13H,8-10H2,1-5H3/t11-,13-/m0/s1. The highest BCUT2D eigenvalue weighted by atomic mass is 16.5. The monoisotopic (exact) mass is 303 g/mol. The summed E-state index contributed by atoms with van der Waals surface area (Å²) in [6.45, 7) is 9.86. The normalized spacial score (nSPS) is 21.5. The molecule has 0 spiro atoms. The molecule has 2 heterocycles. The SMILES string of the molecule is C[C@H]1C[C@@H]1c1ccc(CN(C)Cc2noc(C(C)(C)C)n2)o1. The summed E-state index contributed by atoms with van der Waals surface area (Å²) in [7, 11) is 2.04. The van der Waals surface area contributed by atoms with E-state index in [0.29, 0.717) is 18.4 Å². The van der Waals surface area contributed by atoms with Crippen LogP contribution in [-0.4, -0.2) is 22.1 Å². The zero-order chi connectivity index (χ0) is 15.9. The second-order valence-electron chi connectivity index (χ2n) is 7.56. The molecule has 2 atom stereocenters. The van der Waals surface area contributed by atoms with Crippen LogP contribution in [0.2, 0.25) is 0 Å². The van der Waals surface area contributed by atoms with Crippen LogP contribution in [0.3, 0.4) is 0 Å². The van der Waals surface area contributed by atoms with E-state index in [4.69, 9.17) is 8.94 Å². The summed E-state index contributed by atoms with van der Waals surface area (Å²) in [6, 6.07) is 4.19. The fourth-order valence-electron chi connectivity index (χ4n) is 2.58. The Morgan fingerprint density at radius 2 is 2.00 bits per heavy atom. The molecular formula is C17H25N3O2. The Morgan fingerprint density at radius 3 is 2.59 bits per heavy atom. The summed E-state index contributed by atoms with van der Waals surface area (Å²) in [6.07, 6.45) is 1.25. The van der Waals surface area contributed by atoms with Gasteiger partial charge >= 0.3 is 0 Å². The van der Waals surface area contributed by atoms with Crippen molar-refractivity contribution in [1.29, 1.82) is 0 Å². The van der Waals surface area contributed by atoms with Crippen molar-refractivity contribution in [3.8, 4) is 0 Å². The van der Waals surface area contributed by atoms with E-state index < -0.39 is 0 Å². The summed E-state index contributed by atoms with van der Waals surface area (Å²) in [4.78, 5) is 6.60. The molecule has 3 rings (SSSR count). The zero-order valence-corrected chi connectivity index (χ0v) is 14.1. The maximum absolute atomic E-state index is 5.94. The average Bonchev–Trinajstić information content (AvgIpc) is 2.84. The Morgan fingerprint density at radius 1 is 1.27 bits per heavy atom. The first kappa shape index (κ1) is 15.3. The molecule has 2 aromatic rings. The molecule has 120 valence electrons. The molecule has 0 amide bonds. The van der Waals surface area contributed by atoms with Gasteiger partial charge in [-0.1, -0.05) is 32.9 Å². The summed E-state index contributed by atoms with van der Waals surface area (Å²) >= 11 is 0. The van der Waals surface area contributed by atoms with Crippen LogP contribution >= 0.6 is 0 Å². The molecule has 1 saturated carbocycles. The largest absolute Gasteiger partial charge is 0.464 e. The number of rotatable bonds is 5. The van der Waals surface area contributed by atoms with E-state index in [2.05, 4.69) is 54.9 Å². The van der Waals surface area contributed by atoms with Crippen molar-refractivity contribution in [2.75, 3.05) is 7.05 Å². The van der Waals surface area contributed by atoms with E-state index in [9.17, 15) is 0 Å². The van der Waals surface area contributed by atoms with Crippen LogP contribution in [0.5, 0.6) is 0 Å². The van der Waals surface area contributed by atoms with Gasteiger partial charge in [-0.15, -0.1) is 0 Å². The van der Waals surface area contributed by atoms with E-state index in [-0.39, 0.29) is 5.41 Å². The molecule has 5 heteroatoms. The van der Waals surface area contributed by atoms with Gasteiger partial charge in [-0.25, -0.2) is 0 Å². The predicted octanol–water partition coefficient (Wildman–Crippen LogP) is 3.72. The third-order valence-corrected chi connectivity index (χ3v) is 4.10. The van der Waals surface area contributed by atoms with Crippen molar-refractivity contribution >= 4 is 0 Å². The third kappa shape index (κ3) is 3.40. The van der Waals surface area contributed by atoms with Crippen molar-refractivity contribution in [3.63, 3.8) is 0 Å². The minimum Gasteiger partial charge on any atom is -0.464 e. The van der Waals surface area contributed by atoms with Gasteiger partial charge in [-0.2, -0.15) is 4.98 Å². The Bertz CT molecular complexity index is 638. The van der Waals surface area contributed by atoms with Crippen LogP contribution in [0, 0.1) is 5.92 Å². The summed E-state index contributed by atoms with van der Waals surface area (Å²) in [5.74, 6) is 4.92. The maximum Gasteiger partial charge on any atom is 0.232 e. The van der Waals surface area contributed by atoms with E-state index in [1.807, 2.05) is 7.05 Å². The summed E-state index contributed by atoms with van der Waals surface area (Å²) in [5, 5.41) is 4.06. The summed E-state index contributed by atoms with van der Waals surface area (Å²) < 4.78 is 11.3. The average molecular weight is 303 g/mol. The molecule has 1 aliphatic carbocycles. The predicted molar refractivity (Wildman–Crippen MR) is 83.4 cm³/mol. The van der Waals surface area contributed by atoms with Crippen molar-refractivity contribution < 1.29 is 8.94 Å². The smallest absolute Gasteiger partial charge is 0.232 e. The number of nitrogens with zero attached hydrogens (tertiary/aromatic N) is 3. The fraction of sp³-hybridized carbons (Fsp3) is 0.647. The van der Waals surface area contributed by atoms with Gasteiger partial charge in [0.05, 0.1) is 13.1 Å². The van der Waals surface area contributed by atoms with Crippen molar-refractivity contribution in [3.05, 3.63) is 35.4 Å². The van der Waals surface area contributed by atoms with E-state index in [0.717, 1.165) is 29.8 Å². The minimum absolute atomic E-state index is 0.110. The van der Waals surface area contributed by atoms with Gasteiger partial charge in [0.15, 0.2) is 5.82 Å². The summed E-state index contributed by atoms with van der Waals surface area (Å²) in [5.41, 5.74) is -0.110. The lowest BCUT2D eigenvalue weighted by molar-refractivity contribution is 0.269. The first-order valence-corrected chi connectivity index (χ1v) is 7.93. The molecule has 0 bridgehead atoms. The van der Waals surface area contributed by atoms with Gasteiger partial charge in [-0.3, -0.25) is 4.90 Å². The molecule has 0 aliphatic heterocycles. The molecule has 0 saturated heterocycles. The molecular weight excluding hydrogens is 278 g/mol. The lowest BCUT2D eigenvalue weighted by atomic mass is 9.97. The van der Waals surface area contributed by atoms with Gasteiger partial charge in [0.25, 0.3) is 0 Å². The van der Waals surface area contributed by atoms with Crippen LogP contribution in [0.15, 0.2) is 21.1 Å². The Kier molecular flexibility index (Phi) is 3.85. The van der Waals surface area contributed by atoms with Gasteiger partial charge in [0.2, 0.25) is 5.89 Å². The van der Waals surface area contributed by atoms with Gasteiger partial charge in [0.1, 0.15) is 11.5 Å². The molecule has 2 aromatic heterocycles. The number of hydrogen-bond donors (Lipinski definition) is 0. The number of aromatic nitrogens is 2. The van der Waals surface area contributed by atoms with Crippen molar-refractivity contribution in [2.45, 2.75) is 58.5 Å². The molecule has 1 aliphatic rings. The Balaban J connectivity index is 1.57. The number of hydrogen-bond acceptors (Lipinski definition) is 5. The van der Waals surface area contributed by atoms with Crippen LogP contribution in [0.25, 0.3) is 0 Å². The molecule has 0 aromatic carbocycles. The number of furan rings is 1. The highest BCUT2D eigenvalue weighted by molar-refractivity contribution is 5.17. The van der Waals surface area contributed by atoms with Crippen LogP contribution in [-0.2, 0) is 18.5 Å². The second kappa shape index (κ2) is 5.54. The molecule has 0 radical (unpaired) electrons. The highest BCUT2D eigenvalue weighted by Gasteiger charge is 2.36. The Hall–Kier alpha value is -1.62. The van der Waals surface area contributed by atoms with Crippen LogP contribution in [0.1, 0.15) is 63.3 Å². The van der Waals surface area contributed by atoms with Gasteiger partial charge in [-0.05, 0) is 31.5 Å². The van der Waals surface area contributed by atoms with E-state index in [1.165, 1.54) is 6.42 Å². The fourth-order valence-corrected chi connectivity index (χ4v) is 2.58. The molecule has 22 heavy (non-hydrogen) atoms. The van der Waals surface area contributed by atoms with Crippen LogP contribution in [0.4, 0.5) is 0 Å². The molecule has 0 N–H and O–H groups in total.